The normalized spacial score (nSPS) is 13.6. The van der Waals surface area contributed by atoms with Gasteiger partial charge >= 0.3 is 0 Å². The molecule has 1 aliphatic rings. The summed E-state index contributed by atoms with van der Waals surface area (Å²) in [4.78, 5) is 33.6. The van der Waals surface area contributed by atoms with Crippen molar-refractivity contribution in [1.29, 1.82) is 0 Å². The van der Waals surface area contributed by atoms with Gasteiger partial charge in [-0.15, -0.1) is 5.10 Å². The number of nitrogens with zero attached hydrogens (tertiary/aromatic N) is 9. The van der Waals surface area contributed by atoms with Crippen molar-refractivity contribution in [3.8, 4) is 11.5 Å². The number of carbonyl (C=O) groups excluding carboxylic acids is 1. The molecule has 0 unspecified atom stereocenters. The van der Waals surface area contributed by atoms with Crippen LogP contribution in [0.3, 0.4) is 0 Å². The molecule has 40 heavy (non-hydrogen) atoms. The lowest BCUT2D eigenvalue weighted by Crippen LogP contribution is -2.48. The fourth-order valence-corrected chi connectivity index (χ4v) is 4.57. The van der Waals surface area contributed by atoms with Gasteiger partial charge in [0.05, 0.1) is 11.7 Å². The number of hydrogen-bond acceptors (Lipinski definition) is 10. The minimum absolute atomic E-state index is 0.0672. The van der Waals surface area contributed by atoms with Gasteiger partial charge < -0.3 is 19.9 Å². The molecule has 2 aromatic carbocycles. The van der Waals surface area contributed by atoms with Crippen LogP contribution >= 0.6 is 0 Å². The van der Waals surface area contributed by atoms with Crippen LogP contribution in [-0.2, 0) is 11.8 Å². The van der Waals surface area contributed by atoms with Gasteiger partial charge in [0.2, 0.25) is 11.9 Å². The zero-order valence-electron chi connectivity index (χ0n) is 21.9. The number of benzene rings is 2. The number of nitrogens with one attached hydrogen (secondary N) is 1. The molecule has 0 spiro atoms. The summed E-state index contributed by atoms with van der Waals surface area (Å²) in [6, 6.07) is 8.73. The van der Waals surface area contributed by atoms with Crippen molar-refractivity contribution in [2.45, 2.75) is 6.92 Å². The van der Waals surface area contributed by atoms with E-state index < -0.39 is 5.82 Å². The Morgan fingerprint density at radius 1 is 1.07 bits per heavy atom. The van der Waals surface area contributed by atoms with E-state index in [1.54, 1.807) is 36.3 Å². The van der Waals surface area contributed by atoms with E-state index in [1.807, 2.05) is 24.0 Å². The van der Waals surface area contributed by atoms with Gasteiger partial charge in [-0.2, -0.15) is 0 Å². The zero-order chi connectivity index (χ0) is 27.8. The number of aryl methyl sites for hydroxylation is 2. The number of rotatable bonds is 6. The van der Waals surface area contributed by atoms with Crippen molar-refractivity contribution in [2.24, 2.45) is 7.05 Å². The Labute approximate surface area is 228 Å². The van der Waals surface area contributed by atoms with Gasteiger partial charge in [0, 0.05) is 38.9 Å². The molecule has 202 valence electrons. The third kappa shape index (κ3) is 4.61. The maximum atomic E-state index is 14.9. The molecule has 0 bridgehead atoms. The topological polar surface area (TPSA) is 127 Å². The molecule has 1 amide bonds. The maximum absolute atomic E-state index is 14.9. The van der Waals surface area contributed by atoms with E-state index in [9.17, 15) is 9.18 Å². The van der Waals surface area contributed by atoms with Crippen LogP contribution in [0.15, 0.2) is 55.5 Å². The van der Waals surface area contributed by atoms with Crippen LogP contribution in [0.1, 0.15) is 5.56 Å². The average Bonchev–Trinajstić information content (AvgIpc) is 3.36. The average molecular weight is 541 g/mol. The molecule has 12 nitrogen and oxygen atoms in total. The summed E-state index contributed by atoms with van der Waals surface area (Å²) in [5.74, 6) is 0.974. The van der Waals surface area contributed by atoms with E-state index in [-0.39, 0.29) is 17.2 Å². The summed E-state index contributed by atoms with van der Waals surface area (Å²) in [6.07, 6.45) is 4.44. The van der Waals surface area contributed by atoms with Crippen LogP contribution in [0.2, 0.25) is 0 Å². The van der Waals surface area contributed by atoms with Gasteiger partial charge in [0.15, 0.2) is 22.9 Å². The summed E-state index contributed by atoms with van der Waals surface area (Å²) in [7, 11) is 1.70. The fourth-order valence-electron chi connectivity index (χ4n) is 4.57. The van der Waals surface area contributed by atoms with Crippen LogP contribution in [0.5, 0.6) is 11.5 Å². The number of piperazine rings is 1. The summed E-state index contributed by atoms with van der Waals surface area (Å²) in [5, 5.41) is 11.0. The standard InChI is InChI=1S/C27H25FN10O2/c1-4-22(39)37-9-11-38(12-10-37)27-29-14-18-24(33-27)26(31-15-30-18)32-17-5-7-20(16(2)13-17)40-21-8-6-19-25(23(21)28)34-35-36(19)3/h4-8,13-15H,1,9-12H2,2-3H3,(H,30,31,32). The molecule has 6 rings (SSSR count). The van der Waals surface area contributed by atoms with Crippen molar-refractivity contribution < 1.29 is 13.9 Å². The van der Waals surface area contributed by atoms with Gasteiger partial charge in [-0.3, -0.25) is 4.79 Å². The molecule has 0 radical (unpaired) electrons. The number of halogens is 1. The van der Waals surface area contributed by atoms with Crippen molar-refractivity contribution in [3.63, 3.8) is 0 Å². The molecular weight excluding hydrogens is 515 g/mol. The van der Waals surface area contributed by atoms with Gasteiger partial charge in [-0.1, -0.05) is 11.8 Å². The minimum Gasteiger partial charge on any atom is -0.454 e. The molecule has 1 aliphatic heterocycles. The number of fused-ring (bicyclic) bond motifs is 2. The Hall–Kier alpha value is -5.20. The number of anilines is 3. The molecule has 3 aromatic heterocycles. The lowest BCUT2D eigenvalue weighted by molar-refractivity contribution is -0.126. The Morgan fingerprint density at radius 2 is 1.88 bits per heavy atom. The summed E-state index contributed by atoms with van der Waals surface area (Å²) < 4.78 is 22.3. The number of amides is 1. The fraction of sp³-hybridized carbons (Fsp3) is 0.222. The summed E-state index contributed by atoms with van der Waals surface area (Å²) in [5.41, 5.74) is 3.41. The van der Waals surface area contributed by atoms with E-state index in [0.717, 1.165) is 11.3 Å². The van der Waals surface area contributed by atoms with E-state index in [1.165, 1.54) is 17.1 Å². The largest absolute Gasteiger partial charge is 0.454 e. The first-order chi connectivity index (χ1) is 19.4. The third-order valence-electron chi connectivity index (χ3n) is 6.76. The predicted octanol–water partition coefficient (Wildman–Crippen LogP) is 3.52. The first kappa shape index (κ1) is 25.1. The predicted molar refractivity (Wildman–Crippen MR) is 147 cm³/mol. The Bertz CT molecular complexity index is 1760. The molecule has 0 aliphatic carbocycles. The summed E-state index contributed by atoms with van der Waals surface area (Å²) in [6.45, 7) is 7.76. The molecule has 1 saturated heterocycles. The molecule has 13 heteroatoms. The first-order valence-corrected chi connectivity index (χ1v) is 12.6. The van der Waals surface area contributed by atoms with Gasteiger partial charge in [0.25, 0.3) is 0 Å². The highest BCUT2D eigenvalue weighted by atomic mass is 19.1. The minimum atomic E-state index is -0.566. The van der Waals surface area contributed by atoms with Crippen LogP contribution in [0.4, 0.5) is 21.8 Å². The molecule has 0 saturated carbocycles. The number of carbonyl (C=O) groups is 1. The van der Waals surface area contributed by atoms with E-state index >= 15 is 0 Å². The second-order valence-electron chi connectivity index (χ2n) is 9.31. The number of ether oxygens (including phenoxy) is 1. The van der Waals surface area contributed by atoms with Crippen molar-refractivity contribution in [1.82, 2.24) is 39.8 Å². The quantitative estimate of drug-likeness (QED) is 0.320. The second kappa shape index (κ2) is 10.2. The molecule has 5 aromatic rings. The smallest absolute Gasteiger partial charge is 0.246 e. The zero-order valence-corrected chi connectivity index (χ0v) is 21.9. The highest BCUT2D eigenvalue weighted by Crippen LogP contribution is 2.33. The lowest BCUT2D eigenvalue weighted by atomic mass is 10.2. The van der Waals surface area contributed by atoms with Gasteiger partial charge in [-0.25, -0.2) is 29.0 Å². The maximum Gasteiger partial charge on any atom is 0.246 e. The first-order valence-electron chi connectivity index (χ1n) is 12.6. The monoisotopic (exact) mass is 540 g/mol. The van der Waals surface area contributed by atoms with Crippen molar-refractivity contribution in [3.05, 3.63) is 66.9 Å². The number of hydrogen-bond donors (Lipinski definition) is 1. The van der Waals surface area contributed by atoms with Crippen LogP contribution in [0.25, 0.3) is 22.1 Å². The third-order valence-corrected chi connectivity index (χ3v) is 6.76. The van der Waals surface area contributed by atoms with Crippen LogP contribution in [0, 0.1) is 12.7 Å². The van der Waals surface area contributed by atoms with E-state index in [0.29, 0.717) is 60.2 Å². The molecule has 4 heterocycles. The molecular formula is C27H25FN10O2. The van der Waals surface area contributed by atoms with Crippen molar-refractivity contribution >= 4 is 45.4 Å². The highest BCUT2D eigenvalue weighted by molar-refractivity contribution is 5.88. The Kier molecular flexibility index (Phi) is 6.38. The van der Waals surface area contributed by atoms with Crippen LogP contribution < -0.4 is 15.0 Å². The van der Waals surface area contributed by atoms with Crippen LogP contribution in [-0.4, -0.2) is 71.9 Å². The lowest BCUT2D eigenvalue weighted by Gasteiger charge is -2.34. The SMILES string of the molecule is C=CC(=O)N1CCN(c2ncc3ncnc(Nc4ccc(Oc5ccc6c(nnn6C)c5F)c(C)c4)c3n2)CC1. The highest BCUT2D eigenvalue weighted by Gasteiger charge is 2.22. The van der Waals surface area contributed by atoms with Gasteiger partial charge in [0.1, 0.15) is 23.1 Å². The molecule has 1 fully saturated rings. The number of aromatic nitrogens is 7. The molecule has 1 N–H and O–H groups in total. The Morgan fingerprint density at radius 3 is 2.65 bits per heavy atom. The van der Waals surface area contributed by atoms with Gasteiger partial charge in [-0.05, 0) is 48.9 Å². The Balaban J connectivity index is 1.22. The van der Waals surface area contributed by atoms with Crippen molar-refractivity contribution in [2.75, 3.05) is 36.4 Å². The van der Waals surface area contributed by atoms with E-state index in [4.69, 9.17) is 9.72 Å². The summed E-state index contributed by atoms with van der Waals surface area (Å²) >= 11 is 0. The second-order valence-corrected chi connectivity index (χ2v) is 9.31. The van der Waals surface area contributed by atoms with E-state index in [2.05, 4.69) is 37.2 Å². The molecule has 0 atom stereocenters.